The summed E-state index contributed by atoms with van der Waals surface area (Å²) in [5.74, 6) is 3.01. The molecule has 0 bridgehead atoms. The van der Waals surface area contributed by atoms with Crippen LogP contribution in [0.5, 0.6) is 0 Å². The van der Waals surface area contributed by atoms with E-state index in [1.165, 1.54) is 38.4 Å². The molecule has 0 aromatic carbocycles. The summed E-state index contributed by atoms with van der Waals surface area (Å²) in [4.78, 5) is 12.6. The highest BCUT2D eigenvalue weighted by atomic mass is 16.3. The van der Waals surface area contributed by atoms with Crippen molar-refractivity contribution in [1.29, 1.82) is 0 Å². The van der Waals surface area contributed by atoms with Crippen LogP contribution in [0.1, 0.15) is 106 Å². The van der Waals surface area contributed by atoms with Gasteiger partial charge in [0.25, 0.3) is 0 Å². The maximum atomic E-state index is 12.6. The molecule has 5 rings (SSSR count). The highest BCUT2D eigenvalue weighted by Gasteiger charge is 2.68. The molecule has 0 radical (unpaired) electrons. The second kappa shape index (κ2) is 6.96. The van der Waals surface area contributed by atoms with Crippen molar-refractivity contribution in [3.8, 4) is 0 Å². The second-order valence-electron chi connectivity index (χ2n) is 14.4. The van der Waals surface area contributed by atoms with E-state index in [-0.39, 0.29) is 27.8 Å². The van der Waals surface area contributed by atoms with Gasteiger partial charge in [-0.3, -0.25) is 0 Å². The normalized spacial score (nSPS) is 56.7. The van der Waals surface area contributed by atoms with Crippen LogP contribution in [0.25, 0.3) is 0 Å². The first kappa shape index (κ1) is 23.1. The maximum absolute atomic E-state index is 12.6. The first-order valence-electron chi connectivity index (χ1n) is 13.7. The van der Waals surface area contributed by atoms with Crippen molar-refractivity contribution in [3.05, 3.63) is 11.6 Å². The minimum Gasteiger partial charge on any atom is -0.393 e. The fourth-order valence-electron chi connectivity index (χ4n) is 10.7. The van der Waals surface area contributed by atoms with Crippen molar-refractivity contribution >= 4 is 6.29 Å². The maximum Gasteiger partial charge on any atom is 0.126 e. The van der Waals surface area contributed by atoms with Crippen LogP contribution in [0.3, 0.4) is 0 Å². The van der Waals surface area contributed by atoms with Crippen LogP contribution in [0.2, 0.25) is 0 Å². The first-order chi connectivity index (χ1) is 14.9. The predicted octanol–water partition coefficient (Wildman–Crippen LogP) is 7.20. The molecule has 2 heteroatoms. The monoisotopic (exact) mass is 440 g/mol. The smallest absolute Gasteiger partial charge is 0.126 e. The third kappa shape index (κ3) is 2.60. The van der Waals surface area contributed by atoms with Crippen LogP contribution in [-0.4, -0.2) is 17.5 Å². The summed E-state index contributed by atoms with van der Waals surface area (Å²) in [6.45, 7) is 17.3. The molecule has 0 saturated heterocycles. The Morgan fingerprint density at radius 2 is 1.62 bits per heavy atom. The van der Waals surface area contributed by atoms with Crippen LogP contribution in [0.4, 0.5) is 0 Å². The number of allylic oxidation sites excluding steroid dienone is 2. The van der Waals surface area contributed by atoms with Crippen LogP contribution in [-0.2, 0) is 4.79 Å². The van der Waals surface area contributed by atoms with E-state index in [1.54, 1.807) is 5.57 Å². The fraction of sp³-hybridized carbons (Fsp3) is 0.900. The topological polar surface area (TPSA) is 37.3 Å². The quantitative estimate of drug-likeness (QED) is 0.346. The highest BCUT2D eigenvalue weighted by molar-refractivity contribution is 5.63. The van der Waals surface area contributed by atoms with E-state index in [1.807, 2.05) is 0 Å². The lowest BCUT2D eigenvalue weighted by Gasteiger charge is -2.71. The number of carbonyl (C=O) groups excluding carboxylic acids is 1. The molecule has 32 heavy (non-hydrogen) atoms. The van der Waals surface area contributed by atoms with Crippen LogP contribution >= 0.6 is 0 Å². The van der Waals surface area contributed by atoms with Gasteiger partial charge in [-0.2, -0.15) is 0 Å². The SMILES string of the molecule is C[C@H]1[C@H](C)CC[C@]2(C=O)CC[C@]3(C)C(=CC[C@@H]4[C@@]5(C)CCC(O)C(C)(C)[C@@H]5CC[C@]43C)[C@H]12. The molecule has 180 valence electrons. The van der Waals surface area contributed by atoms with Crippen molar-refractivity contribution in [2.45, 2.75) is 112 Å². The van der Waals surface area contributed by atoms with E-state index in [4.69, 9.17) is 0 Å². The minimum absolute atomic E-state index is 0.00573. The van der Waals surface area contributed by atoms with Gasteiger partial charge in [-0.15, -0.1) is 0 Å². The number of aliphatic hydroxyl groups excluding tert-OH is 1. The van der Waals surface area contributed by atoms with Gasteiger partial charge in [0.2, 0.25) is 0 Å². The summed E-state index contributed by atoms with van der Waals surface area (Å²) in [7, 11) is 0. The van der Waals surface area contributed by atoms with Crippen LogP contribution in [0.15, 0.2) is 11.6 Å². The third-order valence-electron chi connectivity index (χ3n) is 13.3. The Bertz CT molecular complexity index is 827. The Morgan fingerprint density at radius 1 is 0.906 bits per heavy atom. The first-order valence-corrected chi connectivity index (χ1v) is 13.7. The number of aldehydes is 1. The zero-order valence-electron chi connectivity index (χ0n) is 21.8. The lowest BCUT2D eigenvalue weighted by molar-refractivity contribution is -0.203. The van der Waals surface area contributed by atoms with Gasteiger partial charge in [0.1, 0.15) is 6.29 Å². The van der Waals surface area contributed by atoms with E-state index in [0.717, 1.165) is 25.7 Å². The van der Waals surface area contributed by atoms with Crippen molar-refractivity contribution in [2.75, 3.05) is 0 Å². The molecule has 5 aliphatic carbocycles. The number of rotatable bonds is 1. The molecule has 0 aromatic rings. The van der Waals surface area contributed by atoms with Gasteiger partial charge in [0.15, 0.2) is 0 Å². The zero-order chi connectivity index (χ0) is 23.3. The Morgan fingerprint density at radius 3 is 2.31 bits per heavy atom. The van der Waals surface area contributed by atoms with Crippen molar-refractivity contribution in [3.63, 3.8) is 0 Å². The lowest BCUT2D eigenvalue weighted by Crippen LogP contribution is -2.65. The summed E-state index contributed by atoms with van der Waals surface area (Å²) in [6, 6.07) is 0. The Hall–Kier alpha value is -0.630. The van der Waals surface area contributed by atoms with Crippen LogP contribution < -0.4 is 0 Å². The number of aliphatic hydroxyl groups is 1. The summed E-state index contributed by atoms with van der Waals surface area (Å²) in [5, 5.41) is 10.9. The molecule has 0 heterocycles. The van der Waals surface area contributed by atoms with Gasteiger partial charge >= 0.3 is 0 Å². The summed E-state index contributed by atoms with van der Waals surface area (Å²) >= 11 is 0. The Kier molecular flexibility index (Phi) is 5.03. The fourth-order valence-corrected chi connectivity index (χ4v) is 10.7. The number of fused-ring (bicyclic) bond motifs is 7. The molecule has 0 spiro atoms. The molecule has 0 aromatic heterocycles. The minimum atomic E-state index is -0.164. The lowest BCUT2D eigenvalue weighted by atomic mass is 9.33. The molecule has 4 saturated carbocycles. The molecule has 4 fully saturated rings. The van der Waals surface area contributed by atoms with E-state index in [9.17, 15) is 9.90 Å². The van der Waals surface area contributed by atoms with Gasteiger partial charge in [0.05, 0.1) is 6.10 Å². The van der Waals surface area contributed by atoms with Crippen LogP contribution in [0, 0.1) is 56.7 Å². The molecular weight excluding hydrogens is 392 g/mol. The number of hydrogen-bond acceptors (Lipinski definition) is 2. The zero-order valence-corrected chi connectivity index (χ0v) is 21.8. The standard InChI is InChI=1S/C30H48O2/c1-19-10-15-30(18-31)17-16-28(6)21(25(30)20(19)2)8-9-23-27(5)13-12-24(32)26(3,4)22(27)11-14-29(23,28)7/h8,18-20,22-25,32H,9-17H2,1-7H3/t19-,20+,22+,23-,24?,25+,27+,28-,29-,30-/m1/s1. The van der Waals surface area contributed by atoms with E-state index in [2.05, 4.69) is 54.5 Å². The van der Waals surface area contributed by atoms with E-state index >= 15 is 0 Å². The molecule has 5 aliphatic rings. The number of carbonyl (C=O) groups is 1. The van der Waals surface area contributed by atoms with Gasteiger partial charge in [-0.25, -0.2) is 0 Å². The van der Waals surface area contributed by atoms with Crippen molar-refractivity contribution in [1.82, 2.24) is 0 Å². The van der Waals surface area contributed by atoms with Crippen molar-refractivity contribution < 1.29 is 9.90 Å². The molecule has 10 atom stereocenters. The van der Waals surface area contributed by atoms with E-state index in [0.29, 0.717) is 35.0 Å². The van der Waals surface area contributed by atoms with Gasteiger partial charge in [-0.1, -0.05) is 60.1 Å². The van der Waals surface area contributed by atoms with Crippen molar-refractivity contribution in [2.24, 2.45) is 56.7 Å². The third-order valence-corrected chi connectivity index (χ3v) is 13.3. The molecule has 1 unspecified atom stereocenters. The summed E-state index contributed by atoms with van der Waals surface area (Å²) in [6.07, 6.45) is 14.2. The summed E-state index contributed by atoms with van der Waals surface area (Å²) < 4.78 is 0. The molecule has 0 amide bonds. The van der Waals surface area contributed by atoms with Gasteiger partial charge in [-0.05, 0) is 109 Å². The summed E-state index contributed by atoms with van der Waals surface area (Å²) in [5.41, 5.74) is 2.35. The Balaban J connectivity index is 1.60. The van der Waals surface area contributed by atoms with E-state index < -0.39 is 0 Å². The molecule has 0 aliphatic heterocycles. The predicted molar refractivity (Wildman–Crippen MR) is 131 cm³/mol. The molecular formula is C30H48O2. The Labute approximate surface area is 197 Å². The average Bonchev–Trinajstić information content (AvgIpc) is 2.74. The number of hydrogen-bond donors (Lipinski definition) is 1. The largest absolute Gasteiger partial charge is 0.393 e. The van der Waals surface area contributed by atoms with Gasteiger partial charge < -0.3 is 9.90 Å². The highest BCUT2D eigenvalue weighted by Crippen LogP contribution is 2.75. The van der Waals surface area contributed by atoms with Gasteiger partial charge in [0, 0.05) is 5.41 Å². The second-order valence-corrected chi connectivity index (χ2v) is 14.4. The molecule has 2 nitrogen and oxygen atoms in total. The molecule has 1 N–H and O–H groups in total. The average molecular weight is 441 g/mol.